The molecule has 0 aliphatic rings. The molecule has 0 aliphatic heterocycles. The first-order valence-electron chi connectivity index (χ1n) is 5.70. The highest BCUT2D eigenvalue weighted by molar-refractivity contribution is 9.10. The number of nitrogens with one attached hydrogen (secondary N) is 1. The third-order valence-corrected chi connectivity index (χ3v) is 2.95. The Hall–Kier alpha value is -1.95. The fraction of sp³-hybridized carbons (Fsp3) is 0.154. The van der Waals surface area contributed by atoms with E-state index in [1.807, 2.05) is 30.3 Å². The molecule has 1 heterocycles. The summed E-state index contributed by atoms with van der Waals surface area (Å²) in [4.78, 5) is 18.8. The van der Waals surface area contributed by atoms with Gasteiger partial charge in [-0.15, -0.1) is 0 Å². The van der Waals surface area contributed by atoms with Gasteiger partial charge in [0.15, 0.2) is 0 Å². The van der Waals surface area contributed by atoms with E-state index in [-0.39, 0.29) is 6.42 Å². The maximum atomic E-state index is 10.4. The van der Waals surface area contributed by atoms with Gasteiger partial charge in [-0.2, -0.15) is 0 Å². The third kappa shape index (κ3) is 4.03. The van der Waals surface area contributed by atoms with Gasteiger partial charge >= 0.3 is 5.97 Å². The summed E-state index contributed by atoms with van der Waals surface area (Å²) in [6.07, 6.45) is 1.68. The number of carbonyl (C=O) groups is 1. The summed E-state index contributed by atoms with van der Waals surface area (Å²) in [6, 6.07) is 9.59. The van der Waals surface area contributed by atoms with E-state index < -0.39 is 5.97 Å². The minimum atomic E-state index is -0.850. The molecule has 2 N–H and O–H groups in total. The molecule has 0 atom stereocenters. The second-order valence-corrected chi connectivity index (χ2v) is 4.76. The zero-order chi connectivity index (χ0) is 13.7. The van der Waals surface area contributed by atoms with Crippen LogP contribution in [0, 0.1) is 0 Å². The SMILES string of the molecule is O=C(O)CCNc1nccc(-c2ccc(Br)cc2)n1. The lowest BCUT2D eigenvalue weighted by atomic mass is 10.1. The van der Waals surface area contributed by atoms with Crippen molar-refractivity contribution in [1.82, 2.24) is 9.97 Å². The van der Waals surface area contributed by atoms with Crippen LogP contribution in [0.25, 0.3) is 11.3 Å². The number of nitrogens with zero attached hydrogens (tertiary/aromatic N) is 2. The maximum Gasteiger partial charge on any atom is 0.305 e. The van der Waals surface area contributed by atoms with Crippen molar-refractivity contribution < 1.29 is 9.90 Å². The molecule has 2 aromatic rings. The number of aromatic nitrogens is 2. The average molecular weight is 322 g/mol. The van der Waals surface area contributed by atoms with Gasteiger partial charge in [-0.25, -0.2) is 9.97 Å². The van der Waals surface area contributed by atoms with Gasteiger partial charge in [0.2, 0.25) is 5.95 Å². The van der Waals surface area contributed by atoms with E-state index in [1.54, 1.807) is 6.20 Å². The first-order chi connectivity index (χ1) is 9.15. The summed E-state index contributed by atoms with van der Waals surface area (Å²) in [5.74, 6) is -0.418. The number of benzene rings is 1. The van der Waals surface area contributed by atoms with Gasteiger partial charge in [0.05, 0.1) is 12.1 Å². The van der Waals surface area contributed by atoms with Crippen LogP contribution in [0.4, 0.5) is 5.95 Å². The molecule has 0 fully saturated rings. The molecule has 1 aromatic carbocycles. The lowest BCUT2D eigenvalue weighted by Gasteiger charge is -2.05. The van der Waals surface area contributed by atoms with Crippen LogP contribution < -0.4 is 5.32 Å². The number of carboxylic acids is 1. The molecule has 0 bridgehead atoms. The normalized spacial score (nSPS) is 10.2. The number of hydrogen-bond acceptors (Lipinski definition) is 4. The molecule has 0 aliphatic carbocycles. The standard InChI is InChI=1S/C13H12BrN3O2/c14-10-3-1-9(2-4-10)11-5-7-15-13(17-11)16-8-6-12(18)19/h1-5,7H,6,8H2,(H,18,19)(H,15,16,17). The van der Waals surface area contributed by atoms with Gasteiger partial charge in [0.1, 0.15) is 0 Å². The van der Waals surface area contributed by atoms with Crippen LogP contribution in [0.1, 0.15) is 6.42 Å². The fourth-order valence-electron chi connectivity index (χ4n) is 1.51. The van der Waals surface area contributed by atoms with Crippen LogP contribution in [0.2, 0.25) is 0 Å². The van der Waals surface area contributed by atoms with Crippen LogP contribution in [-0.4, -0.2) is 27.6 Å². The quantitative estimate of drug-likeness (QED) is 0.885. The van der Waals surface area contributed by atoms with Crippen LogP contribution >= 0.6 is 15.9 Å². The minimum absolute atomic E-state index is 0.0336. The van der Waals surface area contributed by atoms with Gasteiger partial charge in [-0.3, -0.25) is 4.79 Å². The van der Waals surface area contributed by atoms with Crippen LogP contribution in [0.3, 0.4) is 0 Å². The van der Waals surface area contributed by atoms with E-state index in [0.29, 0.717) is 12.5 Å². The van der Waals surface area contributed by atoms with Crippen LogP contribution in [0.5, 0.6) is 0 Å². The highest BCUT2D eigenvalue weighted by atomic mass is 79.9. The van der Waals surface area contributed by atoms with E-state index in [4.69, 9.17) is 5.11 Å². The maximum absolute atomic E-state index is 10.4. The molecular weight excluding hydrogens is 310 g/mol. The van der Waals surface area contributed by atoms with Crippen molar-refractivity contribution in [1.29, 1.82) is 0 Å². The third-order valence-electron chi connectivity index (χ3n) is 2.42. The van der Waals surface area contributed by atoms with Crippen molar-refractivity contribution in [2.24, 2.45) is 0 Å². The molecule has 0 radical (unpaired) electrons. The summed E-state index contributed by atoms with van der Waals surface area (Å²) in [5.41, 5.74) is 1.77. The van der Waals surface area contributed by atoms with Crippen LogP contribution in [-0.2, 0) is 4.79 Å². The Morgan fingerprint density at radius 2 is 2.00 bits per heavy atom. The lowest BCUT2D eigenvalue weighted by molar-refractivity contribution is -0.136. The Labute approximate surface area is 118 Å². The molecule has 6 heteroatoms. The molecule has 0 saturated carbocycles. The molecule has 1 aromatic heterocycles. The predicted octanol–water partition coefficient (Wildman–Crippen LogP) is 2.79. The Morgan fingerprint density at radius 3 is 2.68 bits per heavy atom. The molecule has 0 amide bonds. The number of aliphatic carboxylic acids is 1. The van der Waals surface area contributed by atoms with E-state index >= 15 is 0 Å². The first-order valence-corrected chi connectivity index (χ1v) is 6.49. The van der Waals surface area contributed by atoms with Crippen molar-refractivity contribution in [2.45, 2.75) is 6.42 Å². The summed E-state index contributed by atoms with van der Waals surface area (Å²) < 4.78 is 1.00. The molecule has 98 valence electrons. The first kappa shape index (κ1) is 13.5. The average Bonchev–Trinajstić information content (AvgIpc) is 2.39. The zero-order valence-electron chi connectivity index (χ0n) is 10.0. The number of carboxylic acid groups (broad SMARTS) is 1. The number of anilines is 1. The highest BCUT2D eigenvalue weighted by Gasteiger charge is 2.03. The Morgan fingerprint density at radius 1 is 1.26 bits per heavy atom. The van der Waals surface area contributed by atoms with E-state index in [9.17, 15) is 4.79 Å². The topological polar surface area (TPSA) is 75.1 Å². The Kier molecular flexibility index (Phi) is 4.46. The Bertz CT molecular complexity index is 572. The molecular formula is C13H12BrN3O2. The lowest BCUT2D eigenvalue weighted by Crippen LogP contribution is -2.09. The molecule has 0 saturated heterocycles. The molecule has 19 heavy (non-hydrogen) atoms. The van der Waals surface area contributed by atoms with Crippen molar-refractivity contribution >= 4 is 27.8 Å². The Balaban J connectivity index is 2.10. The van der Waals surface area contributed by atoms with Crippen molar-refractivity contribution in [3.63, 3.8) is 0 Å². The van der Waals surface area contributed by atoms with Gasteiger partial charge in [-0.05, 0) is 18.2 Å². The largest absolute Gasteiger partial charge is 0.481 e. The van der Waals surface area contributed by atoms with E-state index in [1.165, 1.54) is 0 Å². The molecule has 0 spiro atoms. The van der Waals surface area contributed by atoms with E-state index in [0.717, 1.165) is 15.7 Å². The van der Waals surface area contributed by atoms with E-state index in [2.05, 4.69) is 31.2 Å². The minimum Gasteiger partial charge on any atom is -0.481 e. The van der Waals surface area contributed by atoms with Crippen molar-refractivity contribution in [2.75, 3.05) is 11.9 Å². The smallest absolute Gasteiger partial charge is 0.305 e. The number of rotatable bonds is 5. The molecule has 5 nitrogen and oxygen atoms in total. The summed E-state index contributed by atoms with van der Waals surface area (Å²) in [6.45, 7) is 0.305. The van der Waals surface area contributed by atoms with Gasteiger partial charge in [0.25, 0.3) is 0 Å². The van der Waals surface area contributed by atoms with Gasteiger partial charge in [-0.1, -0.05) is 28.1 Å². The second-order valence-electron chi connectivity index (χ2n) is 3.84. The number of hydrogen-bond donors (Lipinski definition) is 2. The molecule has 2 rings (SSSR count). The zero-order valence-corrected chi connectivity index (χ0v) is 11.6. The van der Waals surface area contributed by atoms with Gasteiger partial charge < -0.3 is 10.4 Å². The van der Waals surface area contributed by atoms with Crippen LogP contribution in [0.15, 0.2) is 41.0 Å². The van der Waals surface area contributed by atoms with Crippen molar-refractivity contribution in [3.8, 4) is 11.3 Å². The summed E-state index contributed by atoms with van der Waals surface area (Å²) in [5, 5.41) is 11.5. The second kappa shape index (κ2) is 6.29. The van der Waals surface area contributed by atoms with Crippen molar-refractivity contribution in [3.05, 3.63) is 41.0 Å². The number of halogens is 1. The highest BCUT2D eigenvalue weighted by Crippen LogP contribution is 2.20. The fourth-order valence-corrected chi connectivity index (χ4v) is 1.77. The summed E-state index contributed by atoms with van der Waals surface area (Å²) >= 11 is 3.38. The summed E-state index contributed by atoms with van der Waals surface area (Å²) in [7, 11) is 0. The predicted molar refractivity (Wildman–Crippen MR) is 75.9 cm³/mol. The van der Waals surface area contributed by atoms with Gasteiger partial charge in [0, 0.05) is 22.8 Å². The molecule has 0 unspecified atom stereocenters. The monoisotopic (exact) mass is 321 g/mol.